The van der Waals surface area contributed by atoms with Crippen LogP contribution in [0.3, 0.4) is 0 Å². The van der Waals surface area contributed by atoms with Crippen LogP contribution in [-0.2, 0) is 0 Å². The highest BCUT2D eigenvalue weighted by Gasteiger charge is 2.20. The largest absolute Gasteiger partial charge is 0.508 e. The third-order valence-corrected chi connectivity index (χ3v) is 2.24. The molecule has 0 unspecified atom stereocenters. The number of nitrogens with zero attached hydrogens (tertiary/aromatic N) is 2. The predicted molar refractivity (Wildman–Crippen MR) is 61.0 cm³/mol. The van der Waals surface area contributed by atoms with Gasteiger partial charge in [0.05, 0.1) is 5.69 Å². The van der Waals surface area contributed by atoms with E-state index in [4.69, 9.17) is 16.6 Å². The van der Waals surface area contributed by atoms with Gasteiger partial charge in [0.15, 0.2) is 5.82 Å². The van der Waals surface area contributed by atoms with Crippen LogP contribution < -0.4 is 11.5 Å². The molecule has 0 aliphatic carbocycles. The Morgan fingerprint density at radius 2 is 2.06 bits per heavy atom. The first-order valence-corrected chi connectivity index (χ1v) is 4.67. The van der Waals surface area contributed by atoms with Crippen molar-refractivity contribution < 1.29 is 15.0 Å². The second-order valence-electron chi connectivity index (χ2n) is 3.38. The van der Waals surface area contributed by atoms with Crippen LogP contribution in [-0.4, -0.2) is 26.0 Å². The molecule has 0 saturated heterocycles. The number of aromatic hydroxyl groups is 1. The van der Waals surface area contributed by atoms with Gasteiger partial charge in [0.2, 0.25) is 0 Å². The average Bonchev–Trinajstić information content (AvgIpc) is 2.54. The average molecular weight is 234 g/mol. The van der Waals surface area contributed by atoms with Crippen LogP contribution in [0.5, 0.6) is 5.75 Å². The molecule has 7 nitrogen and oxygen atoms in total. The summed E-state index contributed by atoms with van der Waals surface area (Å²) in [5.74, 6) is -1.47. The van der Waals surface area contributed by atoms with Gasteiger partial charge in [0, 0.05) is 6.07 Å². The second kappa shape index (κ2) is 3.71. The van der Waals surface area contributed by atoms with Crippen LogP contribution in [0.2, 0.25) is 0 Å². The zero-order valence-corrected chi connectivity index (χ0v) is 8.66. The lowest BCUT2D eigenvalue weighted by Gasteiger charge is -2.03. The van der Waals surface area contributed by atoms with Crippen LogP contribution in [0.25, 0.3) is 5.69 Å². The number of nitrogen functional groups attached to an aromatic ring is 2. The van der Waals surface area contributed by atoms with Gasteiger partial charge in [-0.05, 0) is 12.1 Å². The van der Waals surface area contributed by atoms with Gasteiger partial charge in [0.25, 0.3) is 0 Å². The van der Waals surface area contributed by atoms with Crippen molar-refractivity contribution in [2.45, 2.75) is 0 Å². The van der Waals surface area contributed by atoms with Crippen LogP contribution in [0, 0.1) is 0 Å². The third kappa shape index (κ3) is 1.73. The number of aromatic carboxylic acids is 1. The molecule has 0 saturated carbocycles. The van der Waals surface area contributed by atoms with Gasteiger partial charge in [0.1, 0.15) is 17.1 Å². The fourth-order valence-corrected chi connectivity index (χ4v) is 1.49. The zero-order valence-electron chi connectivity index (χ0n) is 8.66. The van der Waals surface area contributed by atoms with Gasteiger partial charge in [-0.15, -0.1) is 5.10 Å². The minimum absolute atomic E-state index is 0.0212. The summed E-state index contributed by atoms with van der Waals surface area (Å²) in [5.41, 5.74) is 11.3. The molecular weight excluding hydrogens is 224 g/mol. The highest BCUT2D eigenvalue weighted by Crippen LogP contribution is 2.24. The van der Waals surface area contributed by atoms with E-state index >= 15 is 0 Å². The van der Waals surface area contributed by atoms with Crippen molar-refractivity contribution in [2.75, 3.05) is 11.5 Å². The van der Waals surface area contributed by atoms with E-state index in [-0.39, 0.29) is 22.9 Å². The second-order valence-corrected chi connectivity index (χ2v) is 3.38. The van der Waals surface area contributed by atoms with Crippen LogP contribution in [0.1, 0.15) is 10.4 Å². The van der Waals surface area contributed by atoms with Gasteiger partial charge in [-0.25, -0.2) is 9.48 Å². The molecule has 0 amide bonds. The number of hydrogen-bond donors (Lipinski definition) is 4. The Balaban J connectivity index is 2.62. The van der Waals surface area contributed by atoms with Gasteiger partial charge in [-0.1, -0.05) is 6.07 Å². The van der Waals surface area contributed by atoms with E-state index < -0.39 is 5.97 Å². The van der Waals surface area contributed by atoms with Crippen molar-refractivity contribution in [3.05, 3.63) is 29.8 Å². The molecule has 0 aliphatic rings. The van der Waals surface area contributed by atoms with Gasteiger partial charge < -0.3 is 21.7 Å². The Hall–Kier alpha value is -2.70. The first kappa shape index (κ1) is 10.8. The van der Waals surface area contributed by atoms with Crippen LogP contribution in [0.4, 0.5) is 11.6 Å². The number of benzene rings is 1. The molecule has 2 aromatic rings. The SMILES string of the molecule is Nc1nn(-c2cccc(O)c2)c(N)c1C(=O)O. The molecule has 0 atom stereocenters. The lowest BCUT2D eigenvalue weighted by molar-refractivity contribution is 0.0699. The fourth-order valence-electron chi connectivity index (χ4n) is 1.49. The monoisotopic (exact) mass is 234 g/mol. The minimum Gasteiger partial charge on any atom is -0.508 e. The Morgan fingerprint density at radius 1 is 1.35 bits per heavy atom. The van der Waals surface area contributed by atoms with Gasteiger partial charge in [-0.2, -0.15) is 0 Å². The van der Waals surface area contributed by atoms with Crippen molar-refractivity contribution in [1.82, 2.24) is 9.78 Å². The van der Waals surface area contributed by atoms with E-state index in [1.807, 2.05) is 0 Å². The summed E-state index contributed by atoms with van der Waals surface area (Å²) in [4.78, 5) is 10.9. The molecule has 1 aromatic heterocycles. The zero-order chi connectivity index (χ0) is 12.6. The van der Waals surface area contributed by atoms with Gasteiger partial charge >= 0.3 is 5.97 Å². The summed E-state index contributed by atoms with van der Waals surface area (Å²) >= 11 is 0. The number of phenols is 1. The van der Waals surface area contributed by atoms with Crippen molar-refractivity contribution in [1.29, 1.82) is 0 Å². The first-order valence-electron chi connectivity index (χ1n) is 4.67. The fraction of sp³-hybridized carbons (Fsp3) is 0. The molecule has 7 heteroatoms. The first-order chi connectivity index (χ1) is 8.00. The van der Waals surface area contributed by atoms with Crippen LogP contribution >= 0.6 is 0 Å². The smallest absolute Gasteiger partial charge is 0.343 e. The molecule has 17 heavy (non-hydrogen) atoms. The number of aromatic nitrogens is 2. The summed E-state index contributed by atoms with van der Waals surface area (Å²) in [6.07, 6.45) is 0. The summed E-state index contributed by atoms with van der Waals surface area (Å²) in [6, 6.07) is 6.08. The quantitative estimate of drug-likeness (QED) is 0.597. The molecule has 88 valence electrons. The Kier molecular flexibility index (Phi) is 2.36. The van der Waals surface area contributed by atoms with Crippen molar-refractivity contribution in [2.24, 2.45) is 0 Å². The van der Waals surface area contributed by atoms with Crippen molar-refractivity contribution in [3.63, 3.8) is 0 Å². The number of carbonyl (C=O) groups is 1. The van der Waals surface area contributed by atoms with E-state index in [2.05, 4.69) is 5.10 Å². The maximum Gasteiger partial charge on any atom is 0.343 e. The molecule has 0 bridgehead atoms. The van der Waals surface area contributed by atoms with Crippen LogP contribution in [0.15, 0.2) is 24.3 Å². The predicted octanol–water partition coefficient (Wildman–Crippen LogP) is 0.441. The van der Waals surface area contributed by atoms with E-state index in [0.717, 1.165) is 0 Å². The molecule has 0 radical (unpaired) electrons. The van der Waals surface area contributed by atoms with E-state index in [0.29, 0.717) is 5.69 Å². The standard InChI is InChI=1S/C10H10N4O3/c11-8-7(10(16)17)9(12)14(13-8)5-2-1-3-6(15)4-5/h1-4,15H,12H2,(H2,11,13)(H,16,17). The van der Waals surface area contributed by atoms with Crippen molar-refractivity contribution in [3.8, 4) is 11.4 Å². The van der Waals surface area contributed by atoms with Crippen molar-refractivity contribution >= 4 is 17.6 Å². The van der Waals surface area contributed by atoms with E-state index in [9.17, 15) is 9.90 Å². The summed E-state index contributed by atoms with van der Waals surface area (Å²) in [6.45, 7) is 0. The van der Waals surface area contributed by atoms with E-state index in [1.165, 1.54) is 16.8 Å². The number of phenolic OH excluding ortho intramolecular Hbond substituents is 1. The molecule has 1 heterocycles. The topological polar surface area (TPSA) is 127 Å². The summed E-state index contributed by atoms with van der Waals surface area (Å²) in [7, 11) is 0. The van der Waals surface area contributed by atoms with E-state index in [1.54, 1.807) is 12.1 Å². The third-order valence-electron chi connectivity index (χ3n) is 2.24. The normalized spacial score (nSPS) is 10.4. The molecular formula is C10H10N4O3. The summed E-state index contributed by atoms with van der Waals surface area (Å²) in [5, 5.41) is 22.0. The highest BCUT2D eigenvalue weighted by atomic mass is 16.4. The lowest BCUT2D eigenvalue weighted by atomic mass is 10.3. The number of rotatable bonds is 2. The molecule has 6 N–H and O–H groups in total. The molecule has 1 aromatic carbocycles. The number of hydrogen-bond acceptors (Lipinski definition) is 5. The highest BCUT2D eigenvalue weighted by molar-refractivity contribution is 5.98. The number of carboxylic acids is 1. The van der Waals surface area contributed by atoms with Gasteiger partial charge in [-0.3, -0.25) is 0 Å². The number of carboxylic acid groups (broad SMARTS) is 1. The Bertz CT molecular complexity index is 591. The maximum atomic E-state index is 10.9. The molecule has 0 aliphatic heterocycles. The maximum absolute atomic E-state index is 10.9. The minimum atomic E-state index is -1.24. The number of nitrogens with two attached hydrogens (primary N) is 2. The molecule has 2 rings (SSSR count). The number of anilines is 2. The molecule has 0 fully saturated rings. The summed E-state index contributed by atoms with van der Waals surface area (Å²) < 4.78 is 1.17. The lowest BCUT2D eigenvalue weighted by Crippen LogP contribution is -2.05. The molecule has 0 spiro atoms. The Morgan fingerprint density at radius 3 is 2.59 bits per heavy atom. The Labute approximate surface area is 95.9 Å².